The van der Waals surface area contributed by atoms with Crippen LogP contribution in [0.25, 0.3) is 0 Å². The van der Waals surface area contributed by atoms with Crippen LogP contribution in [0, 0.1) is 6.92 Å². The molecule has 0 fully saturated rings. The third kappa shape index (κ3) is 3.14. The second-order valence-corrected chi connectivity index (χ2v) is 5.46. The van der Waals surface area contributed by atoms with E-state index in [0.29, 0.717) is 0 Å². The van der Waals surface area contributed by atoms with Gasteiger partial charge in [-0.1, -0.05) is 6.07 Å². The molecule has 0 aromatic carbocycles. The Morgan fingerprint density at radius 3 is 2.81 bits per heavy atom. The second kappa shape index (κ2) is 5.57. The van der Waals surface area contributed by atoms with Crippen LogP contribution in [0.4, 0.5) is 0 Å². The lowest BCUT2D eigenvalue weighted by Crippen LogP contribution is -2.12. The lowest BCUT2D eigenvalue weighted by molar-refractivity contribution is 0.697. The predicted octanol–water partition coefficient (Wildman–Crippen LogP) is 3.50. The molecule has 0 amide bonds. The highest BCUT2D eigenvalue weighted by Crippen LogP contribution is 2.22. The molecule has 0 atom stereocenters. The molecule has 84 valence electrons. The van der Waals surface area contributed by atoms with Gasteiger partial charge in [0.05, 0.1) is 0 Å². The van der Waals surface area contributed by atoms with E-state index in [9.17, 15) is 0 Å². The molecule has 1 N–H and O–H groups in total. The van der Waals surface area contributed by atoms with Gasteiger partial charge in [0.1, 0.15) is 0 Å². The third-order valence-corrected chi connectivity index (χ3v) is 4.20. The molecule has 0 aliphatic carbocycles. The Balaban J connectivity index is 1.84. The Labute approximate surface area is 108 Å². The maximum absolute atomic E-state index is 4.27. The third-order valence-electron chi connectivity index (χ3n) is 2.28. The first-order chi connectivity index (χ1) is 7.75. The lowest BCUT2D eigenvalue weighted by atomic mass is 10.2. The van der Waals surface area contributed by atoms with E-state index in [4.69, 9.17) is 0 Å². The van der Waals surface area contributed by atoms with Gasteiger partial charge in [0.15, 0.2) is 0 Å². The number of hydrogen-bond acceptors (Lipinski definition) is 3. The molecule has 2 aromatic heterocycles. The molecule has 2 aromatic rings. The Morgan fingerprint density at radius 2 is 2.19 bits per heavy atom. The number of pyridine rings is 1. The molecule has 2 nitrogen and oxygen atoms in total. The van der Waals surface area contributed by atoms with Crippen LogP contribution in [-0.4, -0.2) is 4.98 Å². The minimum atomic E-state index is 0.859. The van der Waals surface area contributed by atoms with Gasteiger partial charge in [0, 0.05) is 34.3 Å². The van der Waals surface area contributed by atoms with Crippen LogP contribution < -0.4 is 5.32 Å². The molecule has 4 heteroatoms. The first-order valence-corrected chi connectivity index (χ1v) is 6.77. The molecule has 16 heavy (non-hydrogen) atoms. The van der Waals surface area contributed by atoms with Crippen molar-refractivity contribution in [3.05, 3.63) is 50.4 Å². The maximum Gasteiger partial charge on any atom is 0.0372 e. The molecule has 0 spiro atoms. The van der Waals surface area contributed by atoms with Crippen molar-refractivity contribution >= 4 is 27.3 Å². The Morgan fingerprint density at radius 1 is 1.31 bits per heavy atom. The van der Waals surface area contributed by atoms with Gasteiger partial charge in [0.2, 0.25) is 0 Å². The van der Waals surface area contributed by atoms with Crippen molar-refractivity contribution in [3.8, 4) is 0 Å². The molecule has 2 rings (SSSR count). The number of nitrogens with zero attached hydrogens (tertiary/aromatic N) is 1. The summed E-state index contributed by atoms with van der Waals surface area (Å²) < 4.78 is 1.19. The highest BCUT2D eigenvalue weighted by atomic mass is 79.9. The topological polar surface area (TPSA) is 24.9 Å². The number of aryl methyl sites for hydroxylation is 1. The molecular formula is C12H13BrN2S. The highest BCUT2D eigenvalue weighted by Gasteiger charge is 2.00. The van der Waals surface area contributed by atoms with E-state index in [2.05, 4.69) is 43.7 Å². The van der Waals surface area contributed by atoms with E-state index in [1.54, 1.807) is 11.3 Å². The fourth-order valence-electron chi connectivity index (χ4n) is 1.37. The molecule has 0 radical (unpaired) electrons. The van der Waals surface area contributed by atoms with Gasteiger partial charge in [-0.15, -0.1) is 11.3 Å². The smallest absolute Gasteiger partial charge is 0.0372 e. The Hall–Kier alpha value is -0.710. The van der Waals surface area contributed by atoms with Crippen LogP contribution in [0.1, 0.15) is 16.1 Å². The first kappa shape index (κ1) is 11.8. The molecule has 0 aliphatic heterocycles. The molecule has 0 unspecified atom stereocenters. The molecule has 0 aliphatic rings. The summed E-state index contributed by atoms with van der Waals surface area (Å²) in [5.74, 6) is 0. The summed E-state index contributed by atoms with van der Waals surface area (Å²) in [6, 6.07) is 6.23. The monoisotopic (exact) mass is 296 g/mol. The molecule has 0 saturated carbocycles. The summed E-state index contributed by atoms with van der Waals surface area (Å²) in [7, 11) is 0. The zero-order valence-electron chi connectivity index (χ0n) is 9.03. The minimum absolute atomic E-state index is 0.859. The largest absolute Gasteiger partial charge is 0.308 e. The fraction of sp³-hybridized carbons (Fsp3) is 0.250. The number of halogens is 1. The van der Waals surface area contributed by atoms with E-state index in [-0.39, 0.29) is 0 Å². The van der Waals surface area contributed by atoms with Crippen LogP contribution in [0.3, 0.4) is 0 Å². The van der Waals surface area contributed by atoms with Gasteiger partial charge in [-0.05, 0) is 45.9 Å². The molecule has 2 heterocycles. The van der Waals surface area contributed by atoms with E-state index in [1.165, 1.54) is 14.9 Å². The average Bonchev–Trinajstić information content (AvgIpc) is 2.68. The van der Waals surface area contributed by atoms with Crippen molar-refractivity contribution < 1.29 is 0 Å². The minimum Gasteiger partial charge on any atom is -0.308 e. The van der Waals surface area contributed by atoms with Crippen molar-refractivity contribution in [1.29, 1.82) is 0 Å². The summed E-state index contributed by atoms with van der Waals surface area (Å²) in [5, 5.41) is 5.50. The normalized spacial score (nSPS) is 10.6. The standard InChI is InChI=1S/C12H13BrN2S/c1-9-2-3-10(7-15-9)6-14-8-12-11(13)4-5-16-12/h2-5,7,14H,6,8H2,1H3. The number of rotatable bonds is 4. The van der Waals surface area contributed by atoms with Gasteiger partial charge in [-0.3, -0.25) is 4.98 Å². The summed E-state index contributed by atoms with van der Waals surface area (Å²) in [5.41, 5.74) is 2.28. The summed E-state index contributed by atoms with van der Waals surface area (Å²) in [4.78, 5) is 5.60. The quantitative estimate of drug-likeness (QED) is 0.934. The van der Waals surface area contributed by atoms with Gasteiger partial charge in [-0.25, -0.2) is 0 Å². The zero-order chi connectivity index (χ0) is 11.4. The summed E-state index contributed by atoms with van der Waals surface area (Å²) in [6.45, 7) is 3.75. The van der Waals surface area contributed by atoms with Crippen molar-refractivity contribution in [2.45, 2.75) is 20.0 Å². The van der Waals surface area contributed by atoms with Crippen LogP contribution >= 0.6 is 27.3 Å². The van der Waals surface area contributed by atoms with Crippen molar-refractivity contribution in [2.24, 2.45) is 0 Å². The van der Waals surface area contributed by atoms with Gasteiger partial charge >= 0.3 is 0 Å². The number of thiophene rings is 1. The van der Waals surface area contributed by atoms with Crippen LogP contribution in [0.2, 0.25) is 0 Å². The summed E-state index contributed by atoms with van der Waals surface area (Å²) >= 11 is 5.28. The van der Waals surface area contributed by atoms with E-state index < -0.39 is 0 Å². The Bertz CT molecular complexity index is 450. The zero-order valence-corrected chi connectivity index (χ0v) is 11.4. The SMILES string of the molecule is Cc1ccc(CNCc2sccc2Br)cn1. The van der Waals surface area contributed by atoms with Crippen molar-refractivity contribution in [2.75, 3.05) is 0 Å². The number of aromatic nitrogens is 1. The van der Waals surface area contributed by atoms with E-state index >= 15 is 0 Å². The average molecular weight is 297 g/mol. The van der Waals surface area contributed by atoms with E-state index in [0.717, 1.165) is 18.8 Å². The molecular weight excluding hydrogens is 284 g/mol. The predicted molar refractivity (Wildman–Crippen MR) is 71.5 cm³/mol. The highest BCUT2D eigenvalue weighted by molar-refractivity contribution is 9.10. The van der Waals surface area contributed by atoms with Crippen LogP contribution in [-0.2, 0) is 13.1 Å². The van der Waals surface area contributed by atoms with Gasteiger partial charge in [-0.2, -0.15) is 0 Å². The van der Waals surface area contributed by atoms with Crippen molar-refractivity contribution in [1.82, 2.24) is 10.3 Å². The second-order valence-electron chi connectivity index (χ2n) is 3.60. The van der Waals surface area contributed by atoms with Crippen LogP contribution in [0.15, 0.2) is 34.2 Å². The fourth-order valence-corrected chi connectivity index (χ4v) is 2.84. The van der Waals surface area contributed by atoms with E-state index in [1.807, 2.05) is 19.2 Å². The summed E-state index contributed by atoms with van der Waals surface area (Å²) in [6.07, 6.45) is 1.92. The number of hydrogen-bond donors (Lipinski definition) is 1. The molecule has 0 bridgehead atoms. The van der Waals surface area contributed by atoms with Crippen LogP contribution in [0.5, 0.6) is 0 Å². The first-order valence-electron chi connectivity index (χ1n) is 5.10. The van der Waals surface area contributed by atoms with Gasteiger partial charge < -0.3 is 5.32 Å². The Kier molecular flexibility index (Phi) is 4.09. The lowest BCUT2D eigenvalue weighted by Gasteiger charge is -2.04. The number of nitrogens with one attached hydrogen (secondary N) is 1. The molecule has 0 saturated heterocycles. The maximum atomic E-state index is 4.27. The van der Waals surface area contributed by atoms with Gasteiger partial charge in [0.25, 0.3) is 0 Å². The van der Waals surface area contributed by atoms with Crippen molar-refractivity contribution in [3.63, 3.8) is 0 Å².